The van der Waals surface area contributed by atoms with Crippen molar-refractivity contribution < 1.29 is 35.8 Å². The molecular formula is C28H22F3N7O. The Morgan fingerprint density at radius 1 is 1.13 bits per heavy atom. The molecule has 196 valence electrons. The molecule has 5 aromatic rings. The van der Waals surface area contributed by atoms with Crippen LogP contribution in [0.5, 0.6) is 0 Å². The van der Waals surface area contributed by atoms with Crippen LogP contribution in [0.2, 0.25) is 0 Å². The topological polar surface area (TPSA) is 97.6 Å². The first-order valence-corrected chi connectivity index (χ1v) is 10.8. The number of nitrogens with one attached hydrogen (secondary N) is 2. The maximum Gasteiger partial charge on any atom is 0.416 e. The highest BCUT2D eigenvalue weighted by Crippen LogP contribution is 2.33. The maximum absolute atomic E-state index is 13.9. The second-order valence-corrected chi connectivity index (χ2v) is 7.74. The average molecular weight is 543 g/mol. The number of carbonyl (C=O) groups excluding carboxylic acids is 1. The number of hydrogen-bond donors (Lipinski definition) is 2. The van der Waals surface area contributed by atoms with Crippen molar-refractivity contribution in [3.63, 3.8) is 0 Å². The molecule has 0 aliphatic heterocycles. The lowest BCUT2D eigenvalue weighted by atomic mass is 10.1. The summed E-state index contributed by atoms with van der Waals surface area (Å²) in [4.78, 5) is 28.9. The van der Waals surface area contributed by atoms with Crippen LogP contribution < -0.4 is 10.6 Å². The number of pyridine rings is 1. The summed E-state index contributed by atoms with van der Waals surface area (Å²) in [6.07, 6.45) is -3.17. The predicted molar refractivity (Wildman–Crippen MR) is 141 cm³/mol. The van der Waals surface area contributed by atoms with Gasteiger partial charge in [0.2, 0.25) is 5.95 Å². The third kappa shape index (κ3) is 5.93. The van der Waals surface area contributed by atoms with Gasteiger partial charge in [-0.2, -0.15) is 13.2 Å². The van der Waals surface area contributed by atoms with Gasteiger partial charge in [0.25, 0.3) is 5.91 Å². The van der Waals surface area contributed by atoms with E-state index in [1.807, 2.05) is 0 Å². The second-order valence-electron chi connectivity index (χ2n) is 7.74. The van der Waals surface area contributed by atoms with Crippen LogP contribution >= 0.6 is 0 Å². The van der Waals surface area contributed by atoms with Gasteiger partial charge in [-0.05, 0) is 67.7 Å². The first kappa shape index (κ1) is 14.2. The minimum atomic E-state index is -4.96. The average Bonchev–Trinajstić information content (AvgIpc) is 3.53. The van der Waals surface area contributed by atoms with E-state index in [0.717, 1.165) is 29.4 Å². The molecule has 5 rings (SSSR count). The van der Waals surface area contributed by atoms with Gasteiger partial charge in [0.15, 0.2) is 0 Å². The van der Waals surface area contributed by atoms with Crippen molar-refractivity contribution in [3.05, 3.63) is 108 Å². The van der Waals surface area contributed by atoms with Crippen LogP contribution in [-0.2, 0) is 6.18 Å². The van der Waals surface area contributed by atoms with Crippen LogP contribution in [0, 0.1) is 13.7 Å². The Balaban J connectivity index is 1.60. The van der Waals surface area contributed by atoms with Gasteiger partial charge in [-0.1, -0.05) is 6.04 Å². The van der Waals surface area contributed by atoms with Crippen LogP contribution in [0.4, 0.5) is 30.5 Å². The van der Waals surface area contributed by atoms with Crippen molar-refractivity contribution in [1.82, 2.24) is 24.5 Å². The summed E-state index contributed by atoms with van der Waals surface area (Å²) >= 11 is 0. The van der Waals surface area contributed by atoms with E-state index in [0.29, 0.717) is 12.1 Å². The zero-order valence-electron chi connectivity index (χ0n) is 32.3. The Morgan fingerprint density at radius 2 is 2.03 bits per heavy atom. The number of nitrogens with zero attached hydrogens (tertiary/aromatic N) is 5. The van der Waals surface area contributed by atoms with Crippen molar-refractivity contribution in [2.75, 3.05) is 10.6 Å². The van der Waals surface area contributed by atoms with Crippen LogP contribution in [0.1, 0.15) is 45.0 Å². The summed E-state index contributed by atoms with van der Waals surface area (Å²) in [6.45, 7) is -5.86. The summed E-state index contributed by atoms with van der Waals surface area (Å²) in [7, 11) is 0. The third-order valence-corrected chi connectivity index (χ3v) is 5.04. The third-order valence-electron chi connectivity index (χ3n) is 5.04. The molecule has 0 unspecified atom stereocenters. The summed E-state index contributed by atoms with van der Waals surface area (Å²) in [6, 6.07) is -0.857. The first-order chi connectivity index (χ1) is 24.0. The lowest BCUT2D eigenvalue weighted by molar-refractivity contribution is -0.137. The molecule has 0 saturated carbocycles. The highest BCUT2D eigenvalue weighted by molar-refractivity contribution is 6.05. The number of halogens is 3. The number of aryl methyl sites for hydroxylation is 1. The summed E-state index contributed by atoms with van der Waals surface area (Å²) in [5.41, 5.74) is -5.58. The van der Waals surface area contributed by atoms with E-state index in [4.69, 9.17) is 17.8 Å². The van der Waals surface area contributed by atoms with Gasteiger partial charge in [-0.25, -0.2) is 15.0 Å². The van der Waals surface area contributed by atoms with Gasteiger partial charge in [0.05, 0.1) is 32.9 Å². The van der Waals surface area contributed by atoms with E-state index in [1.54, 1.807) is 0 Å². The van der Waals surface area contributed by atoms with E-state index in [9.17, 15) is 18.0 Å². The fraction of sp³-hybridized carbons (Fsp3) is 0.107. The molecule has 8 nitrogen and oxygen atoms in total. The summed E-state index contributed by atoms with van der Waals surface area (Å²) in [5.74, 6) is -1.88. The standard InChI is InChI=1S/C28H22F3N7O/c1-17-5-6-19(10-25(17)37-27-33-9-7-24(36-27)20-4-3-8-32-14-20)26(39)35-22-11-21(28(29,30)31)12-23(13-22)38-15-18(2)34-16-38/h3-16H,1-2H3,(H,35,39)(H,33,36,37)/i1D3,2D3,3D,4D,5D,6D,8D,10D,14D. The molecular weight excluding hydrogens is 507 g/mol. The van der Waals surface area contributed by atoms with Gasteiger partial charge < -0.3 is 15.2 Å². The number of rotatable bonds is 6. The van der Waals surface area contributed by atoms with Crippen LogP contribution in [0.25, 0.3) is 16.9 Å². The van der Waals surface area contributed by atoms with Gasteiger partial charge in [-0.3, -0.25) is 9.78 Å². The highest BCUT2D eigenvalue weighted by Gasteiger charge is 2.31. The number of carbonyl (C=O) groups is 1. The smallest absolute Gasteiger partial charge is 0.324 e. The normalized spacial score (nSPS) is 16.7. The molecule has 0 fully saturated rings. The van der Waals surface area contributed by atoms with Gasteiger partial charge >= 0.3 is 6.18 Å². The van der Waals surface area contributed by atoms with E-state index in [2.05, 4.69) is 30.6 Å². The molecule has 1 amide bonds. The SMILES string of the molecule is [2H]c1nc([2H])c(-c2ccnc(Nc3c([2H])c(C(=O)Nc4cc(-n5cnc(C([2H])([2H])[2H])c5)cc(C(F)(F)F)c4)c([2H])c([2H])c3C([2H])([2H])[2H])n2)c([2H])c1[2H]. The Kier molecular flexibility index (Phi) is 3.77. The zero-order chi connectivity index (χ0) is 38.7. The molecule has 2 N–H and O–H groups in total. The quantitative estimate of drug-likeness (QED) is 0.259. The molecule has 0 bridgehead atoms. The number of hydrogen-bond acceptors (Lipinski definition) is 6. The summed E-state index contributed by atoms with van der Waals surface area (Å²) < 4.78 is 147. The largest absolute Gasteiger partial charge is 0.416 e. The highest BCUT2D eigenvalue weighted by atomic mass is 19.4. The molecule has 2 aromatic carbocycles. The maximum atomic E-state index is 13.9. The molecule has 0 spiro atoms. The Hall–Kier alpha value is -5.06. The second kappa shape index (κ2) is 10.4. The van der Waals surface area contributed by atoms with Crippen LogP contribution in [-0.4, -0.2) is 30.4 Å². The van der Waals surface area contributed by atoms with Crippen LogP contribution in [0.3, 0.4) is 0 Å². The monoisotopic (exact) mass is 542 g/mol. The van der Waals surface area contributed by atoms with Crippen molar-refractivity contribution in [2.24, 2.45) is 0 Å². The molecule has 3 heterocycles. The van der Waals surface area contributed by atoms with E-state index in [1.165, 1.54) is 6.07 Å². The van der Waals surface area contributed by atoms with Gasteiger partial charge in [-0.15, -0.1) is 0 Å². The summed E-state index contributed by atoms with van der Waals surface area (Å²) in [5, 5.41) is 4.58. The Bertz CT molecular complexity index is 2240. The minimum Gasteiger partial charge on any atom is -0.324 e. The minimum absolute atomic E-state index is 0.180. The Morgan fingerprint density at radius 3 is 2.82 bits per heavy atom. The van der Waals surface area contributed by atoms with Crippen molar-refractivity contribution >= 4 is 23.2 Å². The lowest BCUT2D eigenvalue weighted by Gasteiger charge is -2.14. The molecule has 0 aliphatic rings. The fourth-order valence-corrected chi connectivity index (χ4v) is 3.29. The molecule has 3 aromatic heterocycles. The zero-order valence-corrected chi connectivity index (χ0v) is 19.3. The van der Waals surface area contributed by atoms with E-state index >= 15 is 0 Å². The number of benzene rings is 2. The predicted octanol–water partition coefficient (Wildman–Crippen LogP) is 6.36. The fourth-order valence-electron chi connectivity index (χ4n) is 3.29. The van der Waals surface area contributed by atoms with Crippen LogP contribution in [0.15, 0.2) is 85.5 Å². The molecule has 0 saturated heterocycles. The molecule has 39 heavy (non-hydrogen) atoms. The molecule has 0 atom stereocenters. The van der Waals surface area contributed by atoms with Gasteiger partial charge in [0.1, 0.15) is 0 Å². The number of anilines is 3. The molecule has 0 aliphatic carbocycles. The van der Waals surface area contributed by atoms with Crippen molar-refractivity contribution in [3.8, 4) is 16.9 Å². The number of imidazole rings is 1. The van der Waals surface area contributed by atoms with Gasteiger partial charge in [0, 0.05) is 61.2 Å². The van der Waals surface area contributed by atoms with E-state index in [-0.39, 0.29) is 16.9 Å². The number of amides is 1. The van der Waals surface area contributed by atoms with E-state index < -0.39 is 108 Å². The number of alkyl halides is 3. The molecule has 0 radical (unpaired) electrons. The van der Waals surface area contributed by atoms with Crippen molar-refractivity contribution in [1.29, 1.82) is 0 Å². The first-order valence-electron chi connectivity index (χ1n) is 17.3. The number of aromatic nitrogens is 5. The molecule has 11 heteroatoms. The lowest BCUT2D eigenvalue weighted by Crippen LogP contribution is -2.14. The Labute approximate surface area is 239 Å². The van der Waals surface area contributed by atoms with Crippen molar-refractivity contribution in [2.45, 2.75) is 19.9 Å².